The number of aliphatic imine (C=N–C) groups is 1. The summed E-state index contributed by atoms with van der Waals surface area (Å²) in [5.41, 5.74) is 3.50. The minimum atomic E-state index is -4.13. The molecule has 5 rings (SSSR count). The van der Waals surface area contributed by atoms with E-state index in [1.54, 1.807) is 55.5 Å². The van der Waals surface area contributed by atoms with Crippen LogP contribution in [-0.4, -0.2) is 26.1 Å². The van der Waals surface area contributed by atoms with Crippen molar-refractivity contribution in [2.24, 2.45) is 4.99 Å². The zero-order valence-electron chi connectivity index (χ0n) is 23.7. The second-order valence-electron chi connectivity index (χ2n) is 9.63. The van der Waals surface area contributed by atoms with Crippen molar-refractivity contribution in [3.05, 3.63) is 115 Å². The number of rotatable bonds is 8. The molecule has 12 heteroatoms. The summed E-state index contributed by atoms with van der Waals surface area (Å²) >= 11 is 17.4. The number of benzene rings is 4. The second-order valence-corrected chi connectivity index (χ2v) is 13.9. The lowest BCUT2D eigenvalue weighted by molar-refractivity contribution is -0.113. The molecule has 1 aliphatic heterocycles. The van der Waals surface area contributed by atoms with Gasteiger partial charge in [0.05, 0.1) is 27.4 Å². The van der Waals surface area contributed by atoms with Crippen LogP contribution in [0.2, 0.25) is 10.0 Å². The molecule has 1 aliphatic rings. The van der Waals surface area contributed by atoms with E-state index in [-0.39, 0.29) is 28.9 Å². The van der Waals surface area contributed by atoms with Gasteiger partial charge in [0.2, 0.25) is 0 Å². The summed E-state index contributed by atoms with van der Waals surface area (Å²) in [7, 11) is -4.13. The lowest BCUT2D eigenvalue weighted by Gasteiger charge is -2.17. The molecule has 4 aromatic carbocycles. The van der Waals surface area contributed by atoms with E-state index in [9.17, 15) is 13.2 Å². The Morgan fingerprint density at radius 2 is 1.64 bits per heavy atom. The molecule has 4 aromatic rings. The van der Waals surface area contributed by atoms with Gasteiger partial charge in [0.15, 0.2) is 16.7 Å². The molecular formula is C32H25BrCl2N2O5S2. The van der Waals surface area contributed by atoms with Gasteiger partial charge in [0.1, 0.15) is 4.90 Å². The summed E-state index contributed by atoms with van der Waals surface area (Å²) < 4.78 is 37.5. The van der Waals surface area contributed by atoms with Crippen LogP contribution in [0.1, 0.15) is 23.6 Å². The predicted octanol–water partition coefficient (Wildman–Crippen LogP) is 9.35. The average molecular weight is 733 g/mol. The lowest BCUT2D eigenvalue weighted by Crippen LogP contribution is -2.28. The fourth-order valence-corrected chi connectivity index (χ4v) is 7.15. The molecule has 0 N–H and O–H groups in total. The van der Waals surface area contributed by atoms with Crippen LogP contribution in [0.4, 0.5) is 11.4 Å². The van der Waals surface area contributed by atoms with E-state index in [2.05, 4.69) is 15.9 Å². The molecule has 0 aliphatic carbocycles. The molecule has 0 atom stereocenters. The largest absolute Gasteiger partial charge is 0.490 e. The molecule has 7 nitrogen and oxygen atoms in total. The smallest absolute Gasteiger partial charge is 0.339 e. The van der Waals surface area contributed by atoms with Crippen molar-refractivity contribution >= 4 is 89.5 Å². The van der Waals surface area contributed by atoms with E-state index >= 15 is 0 Å². The predicted molar refractivity (Wildman–Crippen MR) is 182 cm³/mol. The standard InChI is InChI=1S/C32H25BrCl2N2O5S2/c1-4-41-28-15-21(14-25(33)30(28)42-44(39,40)24-8-6-5-7-9-24)16-29-31(38)37(23-13-11-20(3)27(35)18-23)32(43-29)36-22-12-10-19(2)26(34)17-22/h5-18H,4H2,1-3H3/b29-16+,36-32?. The fourth-order valence-electron chi connectivity index (χ4n) is 4.17. The van der Waals surface area contributed by atoms with Crippen molar-refractivity contribution in [1.29, 1.82) is 0 Å². The summed E-state index contributed by atoms with van der Waals surface area (Å²) in [6, 6.07) is 21.9. The van der Waals surface area contributed by atoms with Gasteiger partial charge in [0, 0.05) is 10.0 Å². The van der Waals surface area contributed by atoms with Crippen LogP contribution in [-0.2, 0) is 14.9 Å². The van der Waals surface area contributed by atoms with Crippen LogP contribution in [0.25, 0.3) is 6.08 Å². The topological polar surface area (TPSA) is 85.3 Å². The van der Waals surface area contributed by atoms with Crippen molar-refractivity contribution in [3.63, 3.8) is 0 Å². The highest BCUT2D eigenvalue weighted by atomic mass is 79.9. The van der Waals surface area contributed by atoms with E-state index in [1.165, 1.54) is 28.8 Å². The Hall–Kier alpha value is -3.28. The number of carbonyl (C=O) groups excluding carboxylic acids is 1. The maximum Gasteiger partial charge on any atom is 0.339 e. The molecule has 1 amide bonds. The Balaban J connectivity index is 1.56. The zero-order chi connectivity index (χ0) is 31.6. The van der Waals surface area contributed by atoms with Crippen LogP contribution < -0.4 is 13.8 Å². The van der Waals surface area contributed by atoms with Gasteiger partial charge in [-0.1, -0.05) is 53.5 Å². The number of ether oxygens (including phenoxy) is 1. The maximum absolute atomic E-state index is 13.9. The van der Waals surface area contributed by atoms with Gasteiger partial charge >= 0.3 is 10.1 Å². The molecule has 0 unspecified atom stereocenters. The van der Waals surface area contributed by atoms with Crippen LogP contribution in [0.15, 0.2) is 98.1 Å². The van der Waals surface area contributed by atoms with Gasteiger partial charge in [-0.15, -0.1) is 0 Å². The van der Waals surface area contributed by atoms with Crippen molar-refractivity contribution in [2.45, 2.75) is 25.7 Å². The summed E-state index contributed by atoms with van der Waals surface area (Å²) in [5.74, 6) is -0.125. The van der Waals surface area contributed by atoms with Gasteiger partial charge in [-0.2, -0.15) is 8.42 Å². The number of hydrogen-bond acceptors (Lipinski definition) is 7. The minimum absolute atomic E-state index is 0.00215. The van der Waals surface area contributed by atoms with E-state index in [4.69, 9.17) is 37.1 Å². The second kappa shape index (κ2) is 13.4. The van der Waals surface area contributed by atoms with Crippen LogP contribution >= 0.6 is 50.9 Å². The fraction of sp³-hybridized carbons (Fsp3) is 0.125. The van der Waals surface area contributed by atoms with Gasteiger partial charge in [-0.25, -0.2) is 4.99 Å². The highest BCUT2D eigenvalue weighted by molar-refractivity contribution is 9.10. The normalized spacial score (nSPS) is 15.3. The third-order valence-corrected chi connectivity index (χ3v) is 10.1. The Kier molecular flexibility index (Phi) is 9.77. The number of aryl methyl sites for hydroxylation is 2. The number of amides is 1. The highest BCUT2D eigenvalue weighted by Gasteiger charge is 2.35. The van der Waals surface area contributed by atoms with Crippen LogP contribution in [0.5, 0.6) is 11.5 Å². The molecule has 226 valence electrons. The number of nitrogens with zero attached hydrogens (tertiary/aromatic N) is 2. The van der Waals surface area contributed by atoms with Gasteiger partial charge < -0.3 is 8.92 Å². The third-order valence-electron chi connectivity index (χ3n) is 6.45. The Morgan fingerprint density at radius 1 is 0.955 bits per heavy atom. The molecule has 0 bridgehead atoms. The van der Waals surface area contributed by atoms with Crippen molar-refractivity contribution in [3.8, 4) is 11.5 Å². The average Bonchev–Trinajstić information content (AvgIpc) is 3.28. The first-order valence-corrected chi connectivity index (χ1v) is 17.0. The molecular weight excluding hydrogens is 707 g/mol. The van der Waals surface area contributed by atoms with Crippen LogP contribution in [0, 0.1) is 13.8 Å². The highest BCUT2D eigenvalue weighted by Crippen LogP contribution is 2.42. The first kappa shape index (κ1) is 32.1. The molecule has 0 aromatic heterocycles. The van der Waals surface area contributed by atoms with Crippen molar-refractivity contribution in [2.75, 3.05) is 11.5 Å². The summed E-state index contributed by atoms with van der Waals surface area (Å²) in [4.78, 5) is 20.5. The molecule has 0 saturated carbocycles. The lowest BCUT2D eigenvalue weighted by atomic mass is 10.1. The van der Waals surface area contributed by atoms with Gasteiger partial charge in [0.25, 0.3) is 5.91 Å². The maximum atomic E-state index is 13.9. The van der Waals surface area contributed by atoms with Crippen LogP contribution in [0.3, 0.4) is 0 Å². The Labute approximate surface area is 278 Å². The minimum Gasteiger partial charge on any atom is -0.490 e. The van der Waals surface area contributed by atoms with Gasteiger partial charge in [-0.3, -0.25) is 9.69 Å². The van der Waals surface area contributed by atoms with Gasteiger partial charge in [-0.05, 0) is 120 Å². The van der Waals surface area contributed by atoms with Crippen molar-refractivity contribution in [1.82, 2.24) is 0 Å². The Morgan fingerprint density at radius 3 is 2.30 bits per heavy atom. The zero-order valence-corrected chi connectivity index (χ0v) is 28.4. The summed E-state index contributed by atoms with van der Waals surface area (Å²) in [6.45, 7) is 5.81. The van der Waals surface area contributed by atoms with Crippen molar-refractivity contribution < 1.29 is 22.1 Å². The van der Waals surface area contributed by atoms with E-state index in [0.29, 0.717) is 41.5 Å². The molecule has 0 spiro atoms. The monoisotopic (exact) mass is 730 g/mol. The summed E-state index contributed by atoms with van der Waals surface area (Å²) in [5, 5.41) is 1.49. The number of hydrogen-bond donors (Lipinski definition) is 0. The number of amidine groups is 1. The molecule has 0 radical (unpaired) electrons. The first-order chi connectivity index (χ1) is 21.0. The Bertz CT molecular complexity index is 1930. The molecule has 44 heavy (non-hydrogen) atoms. The number of thioether (sulfide) groups is 1. The molecule has 1 fully saturated rings. The van der Waals surface area contributed by atoms with E-state index in [0.717, 1.165) is 11.1 Å². The number of anilines is 1. The van der Waals surface area contributed by atoms with E-state index in [1.807, 2.05) is 38.1 Å². The first-order valence-electron chi connectivity index (χ1n) is 13.3. The number of carbonyl (C=O) groups is 1. The SMILES string of the molecule is CCOc1cc(/C=C2/SC(=Nc3ccc(C)c(Cl)c3)N(c3ccc(C)c(Cl)c3)C2=O)cc(Br)c1OS(=O)(=O)c1ccccc1. The quantitative estimate of drug-likeness (QED) is 0.133. The van der Waals surface area contributed by atoms with E-state index < -0.39 is 10.1 Å². The summed E-state index contributed by atoms with van der Waals surface area (Å²) in [6.07, 6.45) is 1.68. The molecule has 1 heterocycles. The number of halogens is 3. The third kappa shape index (κ3) is 7.00. The molecule has 1 saturated heterocycles.